The number of ketones is 1. The van der Waals surface area contributed by atoms with Crippen LogP contribution in [0.25, 0.3) is 11.1 Å². The fourth-order valence-corrected chi connectivity index (χ4v) is 4.02. The highest BCUT2D eigenvalue weighted by molar-refractivity contribution is 6.30. The van der Waals surface area contributed by atoms with Gasteiger partial charge < -0.3 is 9.64 Å². The number of esters is 1. The SMILES string of the molecule is C[C@H](OC(=O)[C@H]1CC(=O)N(c2ccc(-c3ccc([N+](=O)[O-])cc3)cc2)C1)C(=O)c1ccc(Cl)cc1. The Morgan fingerprint density at radius 1 is 1.00 bits per heavy atom. The van der Waals surface area contributed by atoms with Gasteiger partial charge in [-0.1, -0.05) is 23.7 Å². The summed E-state index contributed by atoms with van der Waals surface area (Å²) in [5.41, 5.74) is 2.65. The van der Waals surface area contributed by atoms with Gasteiger partial charge in [-0.25, -0.2) is 0 Å². The maximum atomic E-state index is 12.7. The van der Waals surface area contributed by atoms with Crippen LogP contribution in [-0.2, 0) is 14.3 Å². The first kappa shape index (κ1) is 24.1. The predicted molar refractivity (Wildman–Crippen MR) is 130 cm³/mol. The van der Waals surface area contributed by atoms with E-state index in [1.807, 2.05) is 12.1 Å². The normalized spacial score (nSPS) is 16.1. The highest BCUT2D eigenvalue weighted by atomic mass is 35.5. The van der Waals surface area contributed by atoms with Crippen molar-refractivity contribution in [3.05, 3.63) is 93.5 Å². The molecule has 4 rings (SSSR count). The van der Waals surface area contributed by atoms with Crippen LogP contribution in [-0.4, -0.2) is 35.2 Å². The number of carbonyl (C=O) groups excluding carboxylic acids is 3. The third-order valence-corrected chi connectivity index (χ3v) is 6.09. The minimum atomic E-state index is -0.992. The minimum Gasteiger partial charge on any atom is -0.454 e. The van der Waals surface area contributed by atoms with E-state index in [1.54, 1.807) is 48.5 Å². The molecule has 0 aliphatic carbocycles. The second-order valence-corrected chi connectivity index (χ2v) is 8.64. The molecule has 1 amide bonds. The third-order valence-electron chi connectivity index (χ3n) is 5.84. The molecule has 3 aromatic carbocycles. The molecule has 8 nitrogen and oxygen atoms in total. The number of rotatable bonds is 7. The molecule has 1 saturated heterocycles. The van der Waals surface area contributed by atoms with E-state index < -0.39 is 22.9 Å². The quantitative estimate of drug-likeness (QED) is 0.197. The second kappa shape index (κ2) is 10.1. The van der Waals surface area contributed by atoms with Crippen molar-refractivity contribution in [2.24, 2.45) is 5.92 Å². The lowest BCUT2D eigenvalue weighted by Gasteiger charge is -2.18. The van der Waals surface area contributed by atoms with Crippen molar-refractivity contribution in [2.75, 3.05) is 11.4 Å². The molecule has 0 spiro atoms. The Bertz CT molecular complexity index is 1270. The average Bonchev–Trinajstić information content (AvgIpc) is 3.26. The van der Waals surface area contributed by atoms with Crippen LogP contribution in [0.2, 0.25) is 5.02 Å². The fourth-order valence-electron chi connectivity index (χ4n) is 3.90. The van der Waals surface area contributed by atoms with Gasteiger partial charge >= 0.3 is 5.97 Å². The molecule has 1 aliphatic rings. The van der Waals surface area contributed by atoms with Crippen molar-refractivity contribution in [1.82, 2.24) is 0 Å². The van der Waals surface area contributed by atoms with Crippen LogP contribution in [0.3, 0.4) is 0 Å². The number of nitrogens with zero attached hydrogens (tertiary/aromatic N) is 2. The number of benzene rings is 3. The Hall–Kier alpha value is -4.04. The van der Waals surface area contributed by atoms with Crippen LogP contribution in [0.5, 0.6) is 0 Å². The summed E-state index contributed by atoms with van der Waals surface area (Å²) in [5.74, 6) is -1.85. The van der Waals surface area contributed by atoms with Crippen LogP contribution in [0.15, 0.2) is 72.8 Å². The Kier molecular flexibility index (Phi) is 6.93. The van der Waals surface area contributed by atoms with E-state index >= 15 is 0 Å². The lowest BCUT2D eigenvalue weighted by atomic mass is 10.0. The standard InChI is InChI=1S/C26H21ClN2O6/c1-16(25(31)19-2-8-21(27)9-3-19)35-26(32)20-14-24(30)28(15-20)22-10-4-17(5-11-22)18-6-12-23(13-7-18)29(33)34/h2-13,16,20H,14-15H2,1H3/t16-,20-/m0/s1. The topological polar surface area (TPSA) is 107 Å². The van der Waals surface area contributed by atoms with Gasteiger partial charge in [-0.15, -0.1) is 0 Å². The van der Waals surface area contributed by atoms with E-state index in [1.165, 1.54) is 24.0 Å². The second-order valence-electron chi connectivity index (χ2n) is 8.21. The van der Waals surface area contributed by atoms with Crippen molar-refractivity contribution in [1.29, 1.82) is 0 Å². The van der Waals surface area contributed by atoms with Crippen molar-refractivity contribution >= 4 is 40.6 Å². The summed E-state index contributed by atoms with van der Waals surface area (Å²) in [4.78, 5) is 49.7. The van der Waals surface area contributed by atoms with E-state index in [0.717, 1.165) is 11.1 Å². The molecule has 3 aromatic rings. The Balaban J connectivity index is 1.39. The first-order chi connectivity index (χ1) is 16.7. The zero-order chi connectivity index (χ0) is 25.1. The molecule has 1 fully saturated rings. The molecule has 178 valence electrons. The Labute approximate surface area is 206 Å². The smallest absolute Gasteiger partial charge is 0.312 e. The molecule has 0 aromatic heterocycles. The van der Waals surface area contributed by atoms with Gasteiger partial charge in [-0.2, -0.15) is 0 Å². The van der Waals surface area contributed by atoms with Gasteiger partial charge in [0.05, 0.1) is 10.8 Å². The first-order valence-electron chi connectivity index (χ1n) is 10.9. The van der Waals surface area contributed by atoms with Gasteiger partial charge in [-0.05, 0) is 66.6 Å². The van der Waals surface area contributed by atoms with Gasteiger partial charge in [-0.3, -0.25) is 24.5 Å². The number of nitro benzene ring substituents is 1. The largest absolute Gasteiger partial charge is 0.454 e. The number of carbonyl (C=O) groups is 3. The minimum absolute atomic E-state index is 0.00913. The molecule has 1 heterocycles. The zero-order valence-electron chi connectivity index (χ0n) is 18.7. The fraction of sp³-hybridized carbons (Fsp3) is 0.192. The summed E-state index contributed by atoms with van der Waals surface area (Å²) in [6.45, 7) is 1.65. The summed E-state index contributed by atoms with van der Waals surface area (Å²) < 4.78 is 5.37. The van der Waals surface area contributed by atoms with Crippen molar-refractivity contribution in [3.63, 3.8) is 0 Å². The van der Waals surface area contributed by atoms with Crippen LogP contribution >= 0.6 is 11.6 Å². The summed E-state index contributed by atoms with van der Waals surface area (Å²) in [5, 5.41) is 11.3. The lowest BCUT2D eigenvalue weighted by molar-refractivity contribution is -0.384. The molecule has 0 radical (unpaired) electrons. The van der Waals surface area contributed by atoms with E-state index in [4.69, 9.17) is 16.3 Å². The van der Waals surface area contributed by atoms with E-state index in [-0.39, 0.29) is 30.3 Å². The molecule has 0 saturated carbocycles. The molecule has 1 aliphatic heterocycles. The highest BCUT2D eigenvalue weighted by Gasteiger charge is 2.37. The van der Waals surface area contributed by atoms with Gasteiger partial charge in [0.2, 0.25) is 11.7 Å². The van der Waals surface area contributed by atoms with Crippen LogP contribution in [0.1, 0.15) is 23.7 Å². The number of non-ortho nitro benzene ring substituents is 1. The summed E-state index contributed by atoms with van der Waals surface area (Å²) in [7, 11) is 0. The monoisotopic (exact) mass is 492 g/mol. The van der Waals surface area contributed by atoms with E-state index in [9.17, 15) is 24.5 Å². The number of halogens is 1. The van der Waals surface area contributed by atoms with Gasteiger partial charge in [0.1, 0.15) is 0 Å². The van der Waals surface area contributed by atoms with Crippen LogP contribution < -0.4 is 4.90 Å². The zero-order valence-corrected chi connectivity index (χ0v) is 19.5. The summed E-state index contributed by atoms with van der Waals surface area (Å²) >= 11 is 5.84. The van der Waals surface area contributed by atoms with E-state index in [2.05, 4.69) is 0 Å². The number of amides is 1. The number of anilines is 1. The Morgan fingerprint density at radius 2 is 1.57 bits per heavy atom. The molecule has 35 heavy (non-hydrogen) atoms. The van der Waals surface area contributed by atoms with Crippen LogP contribution in [0.4, 0.5) is 11.4 Å². The molecule has 0 bridgehead atoms. The average molecular weight is 493 g/mol. The first-order valence-corrected chi connectivity index (χ1v) is 11.3. The molecular weight excluding hydrogens is 472 g/mol. The maximum Gasteiger partial charge on any atom is 0.312 e. The Morgan fingerprint density at radius 3 is 2.14 bits per heavy atom. The summed E-state index contributed by atoms with van der Waals surface area (Å²) in [6, 6.07) is 19.6. The molecular formula is C26H21ClN2O6. The molecule has 0 unspecified atom stereocenters. The number of nitro groups is 1. The maximum absolute atomic E-state index is 12.7. The predicted octanol–water partition coefficient (Wildman–Crippen LogP) is 5.08. The number of hydrogen-bond acceptors (Lipinski definition) is 6. The molecule has 0 N–H and O–H groups in total. The number of hydrogen-bond donors (Lipinski definition) is 0. The molecule has 2 atom stereocenters. The third kappa shape index (κ3) is 5.38. The van der Waals surface area contributed by atoms with Crippen molar-refractivity contribution in [2.45, 2.75) is 19.4 Å². The van der Waals surface area contributed by atoms with Gasteiger partial charge in [0.15, 0.2) is 6.10 Å². The number of ether oxygens (including phenoxy) is 1. The summed E-state index contributed by atoms with van der Waals surface area (Å²) in [6.07, 6.45) is -1.00. The lowest BCUT2D eigenvalue weighted by Crippen LogP contribution is -2.30. The van der Waals surface area contributed by atoms with Gasteiger partial charge in [0.25, 0.3) is 5.69 Å². The van der Waals surface area contributed by atoms with Crippen LogP contribution in [0, 0.1) is 16.0 Å². The number of Topliss-reactive ketones (excluding diaryl/α,β-unsaturated/α-hetero) is 1. The highest BCUT2D eigenvalue weighted by Crippen LogP contribution is 2.29. The molecule has 9 heteroatoms. The van der Waals surface area contributed by atoms with Gasteiger partial charge in [0, 0.05) is 41.4 Å². The van der Waals surface area contributed by atoms with E-state index in [0.29, 0.717) is 16.3 Å². The van der Waals surface area contributed by atoms with Crippen molar-refractivity contribution in [3.8, 4) is 11.1 Å². The van der Waals surface area contributed by atoms with Crippen molar-refractivity contribution < 1.29 is 24.0 Å².